The van der Waals surface area contributed by atoms with E-state index in [4.69, 9.17) is 4.74 Å². The molecule has 4 nitrogen and oxygen atoms in total. The molecule has 0 aliphatic rings. The van der Waals surface area contributed by atoms with Crippen molar-refractivity contribution < 1.29 is 4.74 Å². The summed E-state index contributed by atoms with van der Waals surface area (Å²) >= 11 is 0.914. The molecule has 0 saturated carbocycles. The van der Waals surface area contributed by atoms with Gasteiger partial charge in [0.25, 0.3) is 0 Å². The van der Waals surface area contributed by atoms with Gasteiger partial charge in [0.05, 0.1) is 0 Å². The minimum Gasteiger partial charge on any atom is -0.374 e. The van der Waals surface area contributed by atoms with Crippen molar-refractivity contribution in [2.75, 3.05) is 6.61 Å². The first-order valence-electron chi connectivity index (χ1n) is 2.95. The lowest BCUT2D eigenvalue weighted by atomic mass is 10.7. The topological polar surface area (TPSA) is 55.0 Å². The van der Waals surface area contributed by atoms with Crippen LogP contribution in [0, 0.1) is 0 Å². The molecule has 0 amide bonds. The Bertz CT molecular complexity index is 242. The van der Waals surface area contributed by atoms with Gasteiger partial charge >= 0.3 is 4.87 Å². The first-order valence-corrected chi connectivity index (χ1v) is 3.73. The fourth-order valence-corrected chi connectivity index (χ4v) is 0.976. The van der Waals surface area contributed by atoms with Gasteiger partial charge in [-0.3, -0.25) is 9.78 Å². The highest BCUT2D eigenvalue weighted by molar-refractivity contribution is 7.02. The number of hydrogen-bond donors (Lipinski definition) is 1. The van der Waals surface area contributed by atoms with E-state index in [0.717, 1.165) is 11.5 Å². The highest BCUT2D eigenvalue weighted by atomic mass is 32.1. The summed E-state index contributed by atoms with van der Waals surface area (Å²) in [6.07, 6.45) is 0. The van der Waals surface area contributed by atoms with Crippen LogP contribution in [0.15, 0.2) is 4.79 Å². The zero-order chi connectivity index (χ0) is 7.40. The molecule has 0 aliphatic heterocycles. The zero-order valence-electron chi connectivity index (χ0n) is 5.59. The molecular formula is C5H8N2O2S. The van der Waals surface area contributed by atoms with Crippen molar-refractivity contribution in [3.63, 3.8) is 0 Å². The van der Waals surface area contributed by atoms with Crippen molar-refractivity contribution in [2.45, 2.75) is 13.5 Å². The summed E-state index contributed by atoms with van der Waals surface area (Å²) in [6.45, 7) is 2.93. The van der Waals surface area contributed by atoms with Crippen molar-refractivity contribution >= 4 is 11.5 Å². The first kappa shape index (κ1) is 7.43. The summed E-state index contributed by atoms with van der Waals surface area (Å²) in [4.78, 5) is 12.9. The maximum absolute atomic E-state index is 10.5. The van der Waals surface area contributed by atoms with E-state index in [-0.39, 0.29) is 4.87 Å². The zero-order valence-corrected chi connectivity index (χ0v) is 6.40. The fourth-order valence-electron chi connectivity index (χ4n) is 0.521. The average molecular weight is 160 g/mol. The average Bonchev–Trinajstić information content (AvgIpc) is 2.31. The minimum absolute atomic E-state index is 0.130. The summed E-state index contributed by atoms with van der Waals surface area (Å²) in [5, 5.41) is 0. The van der Waals surface area contributed by atoms with Crippen LogP contribution in [-0.2, 0) is 11.3 Å². The van der Waals surface area contributed by atoms with E-state index in [1.54, 1.807) is 0 Å². The van der Waals surface area contributed by atoms with Crippen LogP contribution in [0.2, 0.25) is 0 Å². The third-order valence-electron chi connectivity index (χ3n) is 0.928. The molecule has 0 fully saturated rings. The predicted octanol–water partition coefficient (Wildman–Crippen LogP) is 0.368. The fraction of sp³-hybridized carbons (Fsp3) is 0.600. The molecule has 5 heteroatoms. The first-order chi connectivity index (χ1) is 4.83. The van der Waals surface area contributed by atoms with E-state index in [1.807, 2.05) is 6.92 Å². The van der Waals surface area contributed by atoms with Gasteiger partial charge in [0.15, 0.2) is 0 Å². The smallest absolute Gasteiger partial charge is 0.323 e. The SMILES string of the molecule is CCOCc1nsc(=O)[nH]1. The number of aromatic amines is 1. The normalized spacial score (nSPS) is 10.1. The van der Waals surface area contributed by atoms with E-state index in [1.165, 1.54) is 0 Å². The van der Waals surface area contributed by atoms with Crippen molar-refractivity contribution in [1.29, 1.82) is 0 Å². The van der Waals surface area contributed by atoms with E-state index in [9.17, 15) is 4.79 Å². The van der Waals surface area contributed by atoms with E-state index >= 15 is 0 Å². The number of H-pyrrole nitrogens is 1. The molecule has 56 valence electrons. The van der Waals surface area contributed by atoms with E-state index in [0.29, 0.717) is 19.0 Å². The van der Waals surface area contributed by atoms with Gasteiger partial charge in [0, 0.05) is 18.1 Å². The van der Waals surface area contributed by atoms with Crippen molar-refractivity contribution in [3.05, 3.63) is 15.5 Å². The molecule has 0 aromatic carbocycles. The van der Waals surface area contributed by atoms with Crippen LogP contribution in [0.5, 0.6) is 0 Å². The molecular weight excluding hydrogens is 152 g/mol. The lowest BCUT2D eigenvalue weighted by Crippen LogP contribution is -1.98. The van der Waals surface area contributed by atoms with E-state index < -0.39 is 0 Å². The second kappa shape index (κ2) is 3.48. The molecule has 10 heavy (non-hydrogen) atoms. The molecule has 1 aromatic heterocycles. The highest BCUT2D eigenvalue weighted by Crippen LogP contribution is 1.90. The number of hydrogen-bond acceptors (Lipinski definition) is 4. The Morgan fingerprint density at radius 2 is 2.60 bits per heavy atom. The Morgan fingerprint density at radius 1 is 1.80 bits per heavy atom. The largest absolute Gasteiger partial charge is 0.374 e. The molecule has 0 spiro atoms. The van der Waals surface area contributed by atoms with Crippen LogP contribution in [-0.4, -0.2) is 16.0 Å². The quantitative estimate of drug-likeness (QED) is 0.695. The van der Waals surface area contributed by atoms with Gasteiger partial charge in [-0.2, -0.15) is 4.37 Å². The van der Waals surface area contributed by atoms with Crippen LogP contribution in [0.3, 0.4) is 0 Å². The van der Waals surface area contributed by atoms with Crippen LogP contribution in [0.25, 0.3) is 0 Å². The summed E-state index contributed by atoms with van der Waals surface area (Å²) in [6, 6.07) is 0. The Hall–Kier alpha value is -0.680. The number of aromatic nitrogens is 2. The van der Waals surface area contributed by atoms with Crippen molar-refractivity contribution in [2.24, 2.45) is 0 Å². The third kappa shape index (κ3) is 1.93. The Morgan fingerprint density at radius 3 is 3.10 bits per heavy atom. The van der Waals surface area contributed by atoms with Gasteiger partial charge in [-0.25, -0.2) is 0 Å². The van der Waals surface area contributed by atoms with E-state index in [2.05, 4.69) is 9.36 Å². The van der Waals surface area contributed by atoms with Crippen molar-refractivity contribution in [3.8, 4) is 0 Å². The van der Waals surface area contributed by atoms with Crippen molar-refractivity contribution in [1.82, 2.24) is 9.36 Å². The van der Waals surface area contributed by atoms with Gasteiger partial charge in [0.1, 0.15) is 12.4 Å². The number of ether oxygens (including phenoxy) is 1. The Kier molecular flexibility index (Phi) is 2.58. The second-order valence-corrected chi connectivity index (χ2v) is 2.41. The molecule has 0 radical (unpaired) electrons. The van der Waals surface area contributed by atoms with Crippen LogP contribution in [0.4, 0.5) is 0 Å². The molecule has 1 rings (SSSR count). The number of nitrogens with one attached hydrogen (secondary N) is 1. The van der Waals surface area contributed by atoms with Crippen LogP contribution >= 0.6 is 11.5 Å². The highest BCUT2D eigenvalue weighted by Gasteiger charge is 1.95. The van der Waals surface area contributed by atoms with Crippen LogP contribution < -0.4 is 4.87 Å². The number of nitrogens with zero attached hydrogens (tertiary/aromatic N) is 1. The molecule has 1 aromatic rings. The summed E-state index contributed by atoms with van der Waals surface area (Å²) in [5.74, 6) is 0.608. The number of rotatable bonds is 3. The lowest BCUT2D eigenvalue weighted by molar-refractivity contribution is 0.129. The second-order valence-electron chi connectivity index (χ2n) is 1.68. The van der Waals surface area contributed by atoms with Gasteiger partial charge < -0.3 is 4.74 Å². The summed E-state index contributed by atoms with van der Waals surface area (Å²) in [5.41, 5.74) is 0. The minimum atomic E-state index is -0.130. The molecule has 0 saturated heterocycles. The maximum atomic E-state index is 10.5. The predicted molar refractivity (Wildman–Crippen MR) is 38.1 cm³/mol. The van der Waals surface area contributed by atoms with Gasteiger partial charge in [-0.1, -0.05) is 0 Å². The maximum Gasteiger partial charge on any atom is 0.323 e. The molecule has 1 heterocycles. The van der Waals surface area contributed by atoms with Gasteiger partial charge in [0.2, 0.25) is 0 Å². The van der Waals surface area contributed by atoms with Gasteiger partial charge in [-0.15, -0.1) is 0 Å². The lowest BCUT2D eigenvalue weighted by Gasteiger charge is -1.93. The standard InChI is InChI=1S/C5H8N2O2S/c1-2-9-3-4-6-5(8)10-7-4/h2-3H2,1H3,(H,6,7,8). The molecule has 1 N–H and O–H groups in total. The van der Waals surface area contributed by atoms with Gasteiger partial charge in [-0.05, 0) is 6.92 Å². The molecule has 0 aliphatic carbocycles. The summed E-state index contributed by atoms with van der Waals surface area (Å²) < 4.78 is 8.81. The Balaban J connectivity index is 2.50. The monoisotopic (exact) mass is 160 g/mol. The Labute approximate surface area is 62.0 Å². The van der Waals surface area contributed by atoms with Crippen LogP contribution in [0.1, 0.15) is 12.7 Å². The molecule has 0 unspecified atom stereocenters. The molecule has 0 bridgehead atoms. The third-order valence-corrected chi connectivity index (χ3v) is 1.51. The summed E-state index contributed by atoms with van der Waals surface area (Å²) in [7, 11) is 0. The molecule has 0 atom stereocenters.